The van der Waals surface area contributed by atoms with Crippen LogP contribution in [0.25, 0.3) is 0 Å². The fourth-order valence-electron chi connectivity index (χ4n) is 2.53. The van der Waals surface area contributed by atoms with Crippen LogP contribution in [-0.2, 0) is 26.2 Å². The highest BCUT2D eigenvalue weighted by Crippen LogP contribution is 2.22. The van der Waals surface area contributed by atoms with Gasteiger partial charge in [0.1, 0.15) is 23.0 Å². The van der Waals surface area contributed by atoms with E-state index >= 15 is 0 Å². The highest BCUT2D eigenvalue weighted by Gasteiger charge is 2.19. The molecular weight excluding hydrogens is 382 g/mol. The van der Waals surface area contributed by atoms with Crippen LogP contribution in [0.4, 0.5) is 0 Å². The van der Waals surface area contributed by atoms with Crippen LogP contribution in [-0.4, -0.2) is 46.1 Å². The van der Waals surface area contributed by atoms with E-state index in [-0.39, 0.29) is 29.2 Å². The molecule has 0 N–H and O–H groups in total. The van der Waals surface area contributed by atoms with Gasteiger partial charge in [-0.3, -0.25) is 4.79 Å². The Hall–Kier alpha value is -2.58. The fourth-order valence-corrected chi connectivity index (χ4v) is 3.46. The number of hydrogen-bond acceptors (Lipinski definition) is 6. The van der Waals surface area contributed by atoms with Crippen molar-refractivity contribution in [3.05, 3.63) is 54.1 Å². The molecule has 8 heteroatoms. The minimum atomic E-state index is -3.95. The molecule has 0 fully saturated rings. The number of benzene rings is 2. The Kier molecular flexibility index (Phi) is 7.42. The molecule has 0 atom stereocenters. The Balaban J connectivity index is 2.09. The SMILES string of the molecule is COCC(=O)N(Cc1ccc(OS(=O)(=O)c2ccc(OC)cc2)cc1)C(C)C. The number of amides is 1. The molecule has 28 heavy (non-hydrogen) atoms. The second-order valence-electron chi connectivity index (χ2n) is 6.41. The first-order chi connectivity index (χ1) is 13.3. The van der Waals surface area contributed by atoms with E-state index in [9.17, 15) is 13.2 Å². The summed E-state index contributed by atoms with van der Waals surface area (Å²) in [4.78, 5) is 13.9. The largest absolute Gasteiger partial charge is 0.497 e. The number of ether oxygens (including phenoxy) is 2. The summed E-state index contributed by atoms with van der Waals surface area (Å²) >= 11 is 0. The van der Waals surface area contributed by atoms with Crippen LogP contribution in [0.5, 0.6) is 11.5 Å². The molecule has 0 saturated carbocycles. The molecule has 0 aliphatic rings. The van der Waals surface area contributed by atoms with Gasteiger partial charge in [0.05, 0.1) is 7.11 Å². The standard InChI is InChI=1S/C20H25NO6S/c1-15(2)21(20(22)14-25-3)13-16-5-7-18(8-6-16)27-28(23,24)19-11-9-17(26-4)10-12-19/h5-12,15H,13-14H2,1-4H3. The first-order valence-corrected chi connectivity index (χ1v) is 10.1. The molecule has 0 spiro atoms. The summed E-state index contributed by atoms with van der Waals surface area (Å²) in [5.74, 6) is 0.639. The fraction of sp³-hybridized carbons (Fsp3) is 0.350. The number of methoxy groups -OCH3 is 2. The third-order valence-corrected chi connectivity index (χ3v) is 5.30. The van der Waals surface area contributed by atoms with E-state index in [1.807, 2.05) is 13.8 Å². The van der Waals surface area contributed by atoms with Crippen LogP contribution >= 0.6 is 0 Å². The highest BCUT2D eigenvalue weighted by atomic mass is 32.2. The molecule has 0 aliphatic heterocycles. The zero-order chi connectivity index (χ0) is 20.7. The zero-order valence-electron chi connectivity index (χ0n) is 16.4. The highest BCUT2D eigenvalue weighted by molar-refractivity contribution is 7.87. The lowest BCUT2D eigenvalue weighted by Gasteiger charge is -2.26. The summed E-state index contributed by atoms with van der Waals surface area (Å²) < 4.78 is 39.9. The van der Waals surface area contributed by atoms with Gasteiger partial charge in [-0.2, -0.15) is 8.42 Å². The Morgan fingerprint density at radius 1 is 0.964 bits per heavy atom. The molecule has 0 bridgehead atoms. The van der Waals surface area contributed by atoms with E-state index in [2.05, 4.69) is 0 Å². The predicted molar refractivity (Wildman–Crippen MR) is 105 cm³/mol. The maximum atomic E-state index is 12.4. The van der Waals surface area contributed by atoms with Crippen LogP contribution in [0.15, 0.2) is 53.4 Å². The lowest BCUT2D eigenvalue weighted by atomic mass is 10.2. The number of nitrogens with zero attached hydrogens (tertiary/aromatic N) is 1. The summed E-state index contributed by atoms with van der Waals surface area (Å²) in [7, 11) is -0.962. The van der Waals surface area contributed by atoms with Gasteiger partial charge < -0.3 is 18.6 Å². The number of rotatable bonds is 9. The van der Waals surface area contributed by atoms with Crippen molar-refractivity contribution >= 4 is 16.0 Å². The van der Waals surface area contributed by atoms with Gasteiger partial charge in [0.15, 0.2) is 0 Å². The summed E-state index contributed by atoms with van der Waals surface area (Å²) in [6.07, 6.45) is 0. The van der Waals surface area contributed by atoms with Gasteiger partial charge in [0.25, 0.3) is 0 Å². The lowest BCUT2D eigenvalue weighted by molar-refractivity contribution is -0.137. The molecule has 0 heterocycles. The maximum Gasteiger partial charge on any atom is 0.339 e. The van der Waals surface area contributed by atoms with Crippen molar-refractivity contribution in [3.63, 3.8) is 0 Å². The van der Waals surface area contributed by atoms with Gasteiger partial charge in [-0.25, -0.2) is 0 Å². The van der Waals surface area contributed by atoms with Crippen LogP contribution < -0.4 is 8.92 Å². The van der Waals surface area contributed by atoms with Crippen molar-refractivity contribution in [1.29, 1.82) is 0 Å². The molecule has 0 aromatic heterocycles. The minimum absolute atomic E-state index is 0.00836. The third kappa shape index (κ3) is 5.71. The summed E-state index contributed by atoms with van der Waals surface area (Å²) in [5, 5.41) is 0. The molecule has 152 valence electrons. The average molecular weight is 407 g/mol. The first-order valence-electron chi connectivity index (χ1n) is 8.72. The Labute approximate surface area is 166 Å². The quantitative estimate of drug-likeness (QED) is 0.595. The Bertz CT molecular complexity index is 876. The normalized spacial score (nSPS) is 11.3. The van der Waals surface area contributed by atoms with Crippen molar-refractivity contribution in [1.82, 2.24) is 4.90 Å². The van der Waals surface area contributed by atoms with E-state index in [0.717, 1.165) is 5.56 Å². The van der Waals surface area contributed by atoms with Crippen LogP contribution in [0, 0.1) is 0 Å². The van der Waals surface area contributed by atoms with E-state index in [4.69, 9.17) is 13.7 Å². The van der Waals surface area contributed by atoms with Crippen LogP contribution in [0.1, 0.15) is 19.4 Å². The molecule has 0 radical (unpaired) electrons. The Morgan fingerprint density at radius 3 is 2.04 bits per heavy atom. The molecule has 0 unspecified atom stereocenters. The minimum Gasteiger partial charge on any atom is -0.497 e. The molecule has 2 rings (SSSR count). The van der Waals surface area contributed by atoms with Crippen molar-refractivity contribution in [2.45, 2.75) is 31.3 Å². The number of carbonyl (C=O) groups is 1. The topological polar surface area (TPSA) is 82.1 Å². The van der Waals surface area contributed by atoms with Crippen LogP contribution in [0.2, 0.25) is 0 Å². The molecular formula is C20H25NO6S. The van der Waals surface area contributed by atoms with Gasteiger partial charge in [-0.05, 0) is 55.8 Å². The van der Waals surface area contributed by atoms with Crippen molar-refractivity contribution < 1.29 is 26.9 Å². The first kappa shape index (κ1) is 21.7. The number of carbonyl (C=O) groups excluding carboxylic acids is 1. The van der Waals surface area contributed by atoms with Crippen molar-refractivity contribution in [2.24, 2.45) is 0 Å². The monoisotopic (exact) mass is 407 g/mol. The second-order valence-corrected chi connectivity index (χ2v) is 7.95. The molecule has 0 aliphatic carbocycles. The summed E-state index contributed by atoms with van der Waals surface area (Å²) in [5.41, 5.74) is 0.854. The predicted octanol–water partition coefficient (Wildman–Crippen LogP) is 2.85. The zero-order valence-corrected chi connectivity index (χ0v) is 17.2. The molecule has 0 saturated heterocycles. The number of hydrogen-bond donors (Lipinski definition) is 0. The van der Waals surface area contributed by atoms with Gasteiger partial charge in [-0.15, -0.1) is 0 Å². The van der Waals surface area contributed by atoms with Crippen molar-refractivity contribution in [3.8, 4) is 11.5 Å². The van der Waals surface area contributed by atoms with E-state index in [1.54, 1.807) is 41.3 Å². The molecule has 1 amide bonds. The van der Waals surface area contributed by atoms with E-state index in [0.29, 0.717) is 12.3 Å². The van der Waals surface area contributed by atoms with Gasteiger partial charge in [-0.1, -0.05) is 12.1 Å². The van der Waals surface area contributed by atoms with E-state index < -0.39 is 10.1 Å². The van der Waals surface area contributed by atoms with Gasteiger partial charge in [0.2, 0.25) is 5.91 Å². The molecule has 2 aromatic carbocycles. The van der Waals surface area contributed by atoms with E-state index in [1.165, 1.54) is 26.4 Å². The lowest BCUT2D eigenvalue weighted by Crippen LogP contribution is -2.38. The molecule has 2 aromatic rings. The third-order valence-electron chi connectivity index (χ3n) is 4.04. The van der Waals surface area contributed by atoms with Crippen LogP contribution in [0.3, 0.4) is 0 Å². The Morgan fingerprint density at radius 2 is 1.54 bits per heavy atom. The smallest absolute Gasteiger partial charge is 0.339 e. The van der Waals surface area contributed by atoms with Gasteiger partial charge in [0, 0.05) is 19.7 Å². The average Bonchev–Trinajstić information content (AvgIpc) is 2.67. The van der Waals surface area contributed by atoms with Gasteiger partial charge >= 0.3 is 10.1 Å². The molecule has 7 nitrogen and oxygen atoms in total. The maximum absolute atomic E-state index is 12.4. The second kappa shape index (κ2) is 9.57. The summed E-state index contributed by atoms with van der Waals surface area (Å²) in [6, 6.07) is 12.5. The summed E-state index contributed by atoms with van der Waals surface area (Å²) in [6.45, 7) is 4.25. The van der Waals surface area contributed by atoms with Crippen molar-refractivity contribution in [2.75, 3.05) is 20.8 Å².